The summed E-state index contributed by atoms with van der Waals surface area (Å²) in [5, 5.41) is 3.42. The predicted molar refractivity (Wildman–Crippen MR) is 117 cm³/mol. The van der Waals surface area contributed by atoms with Crippen LogP contribution >= 0.6 is 0 Å². The molecule has 0 fully saturated rings. The Labute approximate surface area is 187 Å². The fraction of sp³-hybridized carbons (Fsp3) is 0.231. The summed E-state index contributed by atoms with van der Waals surface area (Å²) < 4.78 is 75.5. The summed E-state index contributed by atoms with van der Waals surface area (Å²) in [4.78, 5) is 0. The first-order chi connectivity index (χ1) is 15.6. The van der Waals surface area contributed by atoms with Gasteiger partial charge in [-0.3, -0.25) is 0 Å². The number of halogens is 5. The van der Waals surface area contributed by atoms with Gasteiger partial charge in [-0.15, -0.1) is 0 Å². The summed E-state index contributed by atoms with van der Waals surface area (Å²) in [6, 6.07) is 7.03. The van der Waals surface area contributed by atoms with Crippen molar-refractivity contribution in [3.05, 3.63) is 87.7 Å². The molecule has 1 unspecified atom stereocenters. The first-order valence-electron chi connectivity index (χ1n) is 10.5. The van der Waals surface area contributed by atoms with Crippen LogP contribution in [-0.4, -0.2) is 5.54 Å². The molecule has 0 aliphatic carbocycles. The van der Waals surface area contributed by atoms with Gasteiger partial charge in [0.15, 0.2) is 23.2 Å². The molecule has 1 atom stereocenters. The number of fused-ring (bicyclic) bond motifs is 5. The molecule has 0 aromatic heterocycles. The Bertz CT molecular complexity index is 1350. The van der Waals surface area contributed by atoms with Crippen molar-refractivity contribution in [1.29, 1.82) is 0 Å². The minimum atomic E-state index is -1.25. The van der Waals surface area contributed by atoms with E-state index in [0.29, 0.717) is 17.2 Å². The lowest BCUT2D eigenvalue weighted by Gasteiger charge is -2.42. The summed E-state index contributed by atoms with van der Waals surface area (Å²) in [6.07, 6.45) is 1.52. The van der Waals surface area contributed by atoms with Crippen LogP contribution in [0.1, 0.15) is 43.4 Å². The molecule has 2 aliphatic rings. The van der Waals surface area contributed by atoms with E-state index in [2.05, 4.69) is 5.32 Å². The SMILES string of the molecule is CC1C(=Cc2cc(F)c(F)cc2F)C(C)(C)Nc2ccc3c(c21)COc1c(F)cc(F)cc1-3. The Balaban J connectivity index is 1.69. The van der Waals surface area contributed by atoms with Gasteiger partial charge in [0.1, 0.15) is 18.2 Å². The molecule has 33 heavy (non-hydrogen) atoms. The van der Waals surface area contributed by atoms with Crippen LogP contribution < -0.4 is 10.1 Å². The average Bonchev–Trinajstić information content (AvgIpc) is 2.73. The number of benzene rings is 3. The number of ether oxygens (including phenoxy) is 1. The third-order valence-electron chi connectivity index (χ3n) is 6.44. The molecule has 0 amide bonds. The highest BCUT2D eigenvalue weighted by Gasteiger charge is 2.38. The molecule has 2 aliphatic heterocycles. The maximum atomic E-state index is 14.4. The molecule has 0 saturated heterocycles. The summed E-state index contributed by atoms with van der Waals surface area (Å²) in [7, 11) is 0. The van der Waals surface area contributed by atoms with Gasteiger partial charge in [0.2, 0.25) is 0 Å². The molecule has 0 radical (unpaired) electrons. The summed E-state index contributed by atoms with van der Waals surface area (Å²) in [6.45, 7) is 5.82. The zero-order valence-electron chi connectivity index (χ0n) is 18.1. The normalized spacial score (nSPS) is 19.3. The van der Waals surface area contributed by atoms with Crippen LogP contribution in [-0.2, 0) is 6.61 Å². The molecule has 5 rings (SSSR count). The second-order valence-corrected chi connectivity index (χ2v) is 8.97. The predicted octanol–water partition coefficient (Wildman–Crippen LogP) is 7.33. The van der Waals surface area contributed by atoms with Crippen molar-refractivity contribution >= 4 is 11.8 Å². The molecule has 170 valence electrons. The van der Waals surface area contributed by atoms with Crippen LogP contribution in [0.5, 0.6) is 5.75 Å². The number of anilines is 1. The van der Waals surface area contributed by atoms with E-state index in [9.17, 15) is 22.0 Å². The number of hydrogen-bond acceptors (Lipinski definition) is 2. The van der Waals surface area contributed by atoms with E-state index < -0.39 is 34.6 Å². The summed E-state index contributed by atoms with van der Waals surface area (Å²) >= 11 is 0. The van der Waals surface area contributed by atoms with Gasteiger partial charge in [0.25, 0.3) is 0 Å². The lowest BCUT2D eigenvalue weighted by Crippen LogP contribution is -2.40. The lowest BCUT2D eigenvalue weighted by molar-refractivity contribution is 0.284. The number of rotatable bonds is 1. The lowest BCUT2D eigenvalue weighted by atomic mass is 9.73. The van der Waals surface area contributed by atoms with Gasteiger partial charge in [-0.25, -0.2) is 22.0 Å². The van der Waals surface area contributed by atoms with Crippen LogP contribution in [0.25, 0.3) is 17.2 Å². The molecule has 7 heteroatoms. The number of nitrogens with one attached hydrogen (secondary N) is 1. The topological polar surface area (TPSA) is 21.3 Å². The van der Waals surface area contributed by atoms with Crippen molar-refractivity contribution in [2.75, 3.05) is 5.32 Å². The average molecular weight is 457 g/mol. The van der Waals surface area contributed by atoms with Crippen LogP contribution in [0.3, 0.4) is 0 Å². The van der Waals surface area contributed by atoms with E-state index in [1.807, 2.05) is 26.8 Å². The fourth-order valence-corrected chi connectivity index (χ4v) is 4.95. The molecular formula is C26H20F5NO. The van der Waals surface area contributed by atoms with Crippen molar-refractivity contribution in [3.8, 4) is 16.9 Å². The highest BCUT2D eigenvalue weighted by molar-refractivity contribution is 5.82. The summed E-state index contributed by atoms with van der Waals surface area (Å²) in [5.74, 6) is -5.00. The second-order valence-electron chi connectivity index (χ2n) is 8.97. The van der Waals surface area contributed by atoms with E-state index in [4.69, 9.17) is 4.74 Å². The zero-order valence-corrected chi connectivity index (χ0v) is 18.1. The van der Waals surface area contributed by atoms with Crippen LogP contribution in [0, 0.1) is 29.1 Å². The highest BCUT2D eigenvalue weighted by atomic mass is 19.2. The maximum Gasteiger partial charge on any atom is 0.168 e. The van der Waals surface area contributed by atoms with Crippen molar-refractivity contribution in [2.24, 2.45) is 0 Å². The van der Waals surface area contributed by atoms with Crippen molar-refractivity contribution in [3.63, 3.8) is 0 Å². The Morgan fingerprint density at radius 2 is 1.64 bits per heavy atom. The highest BCUT2D eigenvalue weighted by Crippen LogP contribution is 2.50. The number of hydrogen-bond donors (Lipinski definition) is 1. The maximum absolute atomic E-state index is 14.4. The standard InChI is InChI=1S/C26H20F5NO/c1-12-18(6-13-7-20(29)21(30)10-19(13)28)26(2,3)32-23-5-4-15-16-8-14(27)9-22(31)25(16)33-11-17(15)24(12)23/h4-10,12,32H,11H2,1-3H3. The molecule has 2 nitrogen and oxygen atoms in total. The third kappa shape index (κ3) is 3.37. The van der Waals surface area contributed by atoms with Gasteiger partial charge >= 0.3 is 0 Å². The Kier molecular flexibility index (Phi) is 4.78. The minimum Gasteiger partial charge on any atom is -0.485 e. The molecule has 0 spiro atoms. The van der Waals surface area contributed by atoms with Crippen LogP contribution in [0.4, 0.5) is 27.6 Å². The van der Waals surface area contributed by atoms with E-state index in [1.54, 1.807) is 6.07 Å². The Morgan fingerprint density at radius 1 is 0.909 bits per heavy atom. The van der Waals surface area contributed by atoms with Gasteiger partial charge in [-0.2, -0.15) is 0 Å². The van der Waals surface area contributed by atoms with Gasteiger partial charge in [-0.1, -0.05) is 13.0 Å². The fourth-order valence-electron chi connectivity index (χ4n) is 4.95. The van der Waals surface area contributed by atoms with Gasteiger partial charge in [0.05, 0.1) is 5.54 Å². The first-order valence-corrected chi connectivity index (χ1v) is 10.5. The van der Waals surface area contributed by atoms with E-state index in [1.165, 1.54) is 12.1 Å². The monoisotopic (exact) mass is 457 g/mol. The zero-order chi connectivity index (χ0) is 23.7. The molecule has 0 saturated carbocycles. The molecule has 1 N–H and O–H groups in total. The Morgan fingerprint density at radius 3 is 2.39 bits per heavy atom. The Hall–Kier alpha value is -3.35. The van der Waals surface area contributed by atoms with E-state index in [0.717, 1.165) is 34.5 Å². The largest absolute Gasteiger partial charge is 0.485 e. The van der Waals surface area contributed by atoms with Crippen molar-refractivity contribution < 1.29 is 26.7 Å². The molecular weight excluding hydrogens is 437 g/mol. The third-order valence-corrected chi connectivity index (χ3v) is 6.44. The molecule has 0 bridgehead atoms. The smallest absolute Gasteiger partial charge is 0.168 e. The van der Waals surface area contributed by atoms with Gasteiger partial charge < -0.3 is 10.1 Å². The van der Waals surface area contributed by atoms with Crippen molar-refractivity contribution in [1.82, 2.24) is 0 Å². The molecule has 3 aromatic carbocycles. The van der Waals surface area contributed by atoms with Crippen LogP contribution in [0.15, 0.2) is 42.0 Å². The molecule has 2 heterocycles. The minimum absolute atomic E-state index is 0.000209. The molecule has 3 aromatic rings. The van der Waals surface area contributed by atoms with Crippen LogP contribution in [0.2, 0.25) is 0 Å². The second kappa shape index (κ2) is 7.33. The van der Waals surface area contributed by atoms with E-state index in [-0.39, 0.29) is 23.8 Å². The van der Waals surface area contributed by atoms with Crippen molar-refractivity contribution in [2.45, 2.75) is 38.8 Å². The first kappa shape index (κ1) is 21.5. The van der Waals surface area contributed by atoms with E-state index >= 15 is 0 Å². The van der Waals surface area contributed by atoms with Gasteiger partial charge in [0, 0.05) is 40.4 Å². The quantitative estimate of drug-likeness (QED) is 0.305. The van der Waals surface area contributed by atoms with Gasteiger partial charge in [-0.05, 0) is 54.8 Å². The summed E-state index contributed by atoms with van der Waals surface area (Å²) in [5.41, 5.74) is 3.44.